The molecule has 24 heavy (non-hydrogen) atoms. The molecule has 2 amide bonds. The molecule has 2 rings (SSSR count). The van der Waals surface area contributed by atoms with E-state index in [2.05, 4.69) is 5.32 Å². The largest absolute Gasteiger partial charge is 0.467 e. The van der Waals surface area contributed by atoms with Crippen molar-refractivity contribution in [3.05, 3.63) is 53.4 Å². The quantitative estimate of drug-likeness (QED) is 0.768. The van der Waals surface area contributed by atoms with Gasteiger partial charge >= 0.3 is 12.0 Å². The number of hydrogen-bond donors (Lipinski definition) is 1. The Morgan fingerprint density at radius 2 is 2.00 bits per heavy atom. The highest BCUT2D eigenvalue weighted by molar-refractivity contribution is 6.30. The maximum Gasteiger partial charge on any atom is 0.322 e. The number of carbonyl (C=O) groups is 2. The van der Waals surface area contributed by atoms with Crippen LogP contribution in [0.25, 0.3) is 0 Å². The smallest absolute Gasteiger partial charge is 0.322 e. The van der Waals surface area contributed by atoms with Gasteiger partial charge in [0.25, 0.3) is 0 Å². The fourth-order valence-electron chi connectivity index (χ4n) is 2.04. The van der Waals surface area contributed by atoms with E-state index in [1.54, 1.807) is 43.3 Å². The van der Waals surface area contributed by atoms with Gasteiger partial charge in [0, 0.05) is 17.3 Å². The lowest BCUT2D eigenvalue weighted by Crippen LogP contribution is -2.36. The van der Waals surface area contributed by atoms with Crippen molar-refractivity contribution in [2.75, 3.05) is 18.5 Å². The number of urea groups is 1. The summed E-state index contributed by atoms with van der Waals surface area (Å²) in [6.45, 7) is 2.53. The molecule has 0 aliphatic heterocycles. The minimum absolute atomic E-state index is 0.114. The number of anilines is 1. The minimum Gasteiger partial charge on any atom is -0.467 e. The van der Waals surface area contributed by atoms with Crippen LogP contribution in [0.15, 0.2) is 47.1 Å². The summed E-state index contributed by atoms with van der Waals surface area (Å²) in [7, 11) is 0. The molecule has 7 heteroatoms. The van der Waals surface area contributed by atoms with Crippen LogP contribution in [-0.2, 0) is 16.1 Å². The summed E-state index contributed by atoms with van der Waals surface area (Å²) in [6, 6.07) is 9.97. The second kappa shape index (κ2) is 8.98. The highest BCUT2D eigenvalue weighted by atomic mass is 35.5. The summed E-state index contributed by atoms with van der Waals surface area (Å²) in [6.07, 6.45) is 1.65. The third-order valence-electron chi connectivity index (χ3n) is 3.20. The number of rotatable bonds is 7. The lowest BCUT2D eigenvalue weighted by Gasteiger charge is -2.22. The second-order valence-electron chi connectivity index (χ2n) is 4.99. The van der Waals surface area contributed by atoms with Gasteiger partial charge in [0.15, 0.2) is 0 Å². The maximum atomic E-state index is 12.5. The highest BCUT2D eigenvalue weighted by Gasteiger charge is 2.17. The second-order valence-corrected chi connectivity index (χ2v) is 5.43. The SMILES string of the molecule is CCOC(=O)CCN(Cc1ccco1)C(=O)Nc1ccc(Cl)cc1. The molecule has 1 aromatic carbocycles. The molecule has 0 fully saturated rings. The fraction of sp³-hybridized carbons (Fsp3) is 0.294. The highest BCUT2D eigenvalue weighted by Crippen LogP contribution is 2.15. The fourth-order valence-corrected chi connectivity index (χ4v) is 2.16. The van der Waals surface area contributed by atoms with Crippen molar-refractivity contribution in [3.63, 3.8) is 0 Å². The van der Waals surface area contributed by atoms with Crippen LogP contribution in [0.1, 0.15) is 19.1 Å². The summed E-state index contributed by atoms with van der Waals surface area (Å²) in [4.78, 5) is 25.5. The Morgan fingerprint density at radius 3 is 2.62 bits per heavy atom. The number of furan rings is 1. The standard InChI is InChI=1S/C17H19ClN2O4/c1-2-23-16(21)9-10-20(12-15-4-3-11-24-15)17(22)19-14-7-5-13(18)6-8-14/h3-8,11H,2,9-10,12H2,1H3,(H,19,22). The first-order chi connectivity index (χ1) is 11.6. The zero-order valence-corrected chi connectivity index (χ0v) is 14.1. The van der Waals surface area contributed by atoms with Gasteiger partial charge in [-0.1, -0.05) is 11.6 Å². The van der Waals surface area contributed by atoms with E-state index in [0.717, 1.165) is 0 Å². The first-order valence-electron chi connectivity index (χ1n) is 7.58. The number of hydrogen-bond acceptors (Lipinski definition) is 4. The Labute approximate surface area is 145 Å². The molecular weight excluding hydrogens is 332 g/mol. The molecule has 0 radical (unpaired) electrons. The van der Waals surface area contributed by atoms with Crippen molar-refractivity contribution in [2.24, 2.45) is 0 Å². The van der Waals surface area contributed by atoms with E-state index < -0.39 is 0 Å². The van der Waals surface area contributed by atoms with E-state index in [0.29, 0.717) is 23.1 Å². The summed E-state index contributed by atoms with van der Waals surface area (Å²) in [5, 5.41) is 3.36. The van der Waals surface area contributed by atoms with Crippen LogP contribution in [0, 0.1) is 0 Å². The van der Waals surface area contributed by atoms with Crippen molar-refractivity contribution >= 4 is 29.3 Å². The number of ether oxygens (including phenoxy) is 1. The van der Waals surface area contributed by atoms with Crippen LogP contribution < -0.4 is 5.32 Å². The van der Waals surface area contributed by atoms with Crippen molar-refractivity contribution in [1.82, 2.24) is 4.90 Å². The number of carbonyl (C=O) groups excluding carboxylic acids is 2. The molecule has 0 unspecified atom stereocenters. The molecule has 1 heterocycles. The predicted molar refractivity (Wildman–Crippen MR) is 90.8 cm³/mol. The molecule has 1 N–H and O–H groups in total. The topological polar surface area (TPSA) is 71.8 Å². The molecule has 1 aromatic heterocycles. The van der Waals surface area contributed by atoms with Gasteiger partial charge in [-0.15, -0.1) is 0 Å². The normalized spacial score (nSPS) is 10.2. The zero-order valence-electron chi connectivity index (χ0n) is 13.3. The van der Waals surface area contributed by atoms with E-state index >= 15 is 0 Å². The van der Waals surface area contributed by atoms with Crippen molar-refractivity contribution in [2.45, 2.75) is 19.9 Å². The Balaban J connectivity index is 2.01. The average Bonchev–Trinajstić information content (AvgIpc) is 3.07. The van der Waals surface area contributed by atoms with Crippen LogP contribution in [0.3, 0.4) is 0 Å². The lowest BCUT2D eigenvalue weighted by atomic mass is 10.3. The zero-order chi connectivity index (χ0) is 17.4. The summed E-state index contributed by atoms with van der Waals surface area (Å²) >= 11 is 5.83. The molecule has 0 saturated heterocycles. The van der Waals surface area contributed by atoms with Crippen molar-refractivity contribution in [3.8, 4) is 0 Å². The van der Waals surface area contributed by atoms with Crippen molar-refractivity contribution < 1.29 is 18.7 Å². The van der Waals surface area contributed by atoms with Crippen LogP contribution in [0.2, 0.25) is 5.02 Å². The molecule has 0 spiro atoms. The van der Waals surface area contributed by atoms with Gasteiger partial charge < -0.3 is 19.4 Å². The minimum atomic E-state index is -0.346. The Morgan fingerprint density at radius 1 is 1.25 bits per heavy atom. The maximum absolute atomic E-state index is 12.5. The number of halogens is 1. The Hall–Kier alpha value is -2.47. The molecule has 0 atom stereocenters. The third kappa shape index (κ3) is 5.62. The number of esters is 1. The average molecular weight is 351 g/mol. The van der Waals surface area contributed by atoms with Crippen molar-refractivity contribution in [1.29, 1.82) is 0 Å². The van der Waals surface area contributed by atoms with Gasteiger partial charge in [-0.25, -0.2) is 4.79 Å². The number of nitrogens with one attached hydrogen (secondary N) is 1. The molecule has 0 aliphatic carbocycles. The molecular formula is C17H19ClN2O4. The van der Waals surface area contributed by atoms with E-state index in [1.807, 2.05) is 0 Å². The van der Waals surface area contributed by atoms with Crippen LogP contribution in [0.4, 0.5) is 10.5 Å². The molecule has 6 nitrogen and oxygen atoms in total. The Kier molecular flexibility index (Phi) is 6.69. The summed E-state index contributed by atoms with van der Waals surface area (Å²) < 4.78 is 10.2. The van der Waals surface area contributed by atoms with Gasteiger partial charge in [0.2, 0.25) is 0 Å². The summed E-state index contributed by atoms with van der Waals surface area (Å²) in [5.41, 5.74) is 0.616. The van der Waals surface area contributed by atoms with Crippen LogP contribution in [-0.4, -0.2) is 30.1 Å². The first-order valence-corrected chi connectivity index (χ1v) is 7.95. The molecule has 128 valence electrons. The third-order valence-corrected chi connectivity index (χ3v) is 3.45. The number of benzene rings is 1. The molecule has 0 bridgehead atoms. The van der Waals surface area contributed by atoms with E-state index in [4.69, 9.17) is 20.8 Å². The van der Waals surface area contributed by atoms with Gasteiger partial charge in [-0.05, 0) is 43.3 Å². The van der Waals surface area contributed by atoms with Crippen LogP contribution in [0.5, 0.6) is 0 Å². The monoisotopic (exact) mass is 350 g/mol. The molecule has 2 aromatic rings. The lowest BCUT2D eigenvalue weighted by molar-refractivity contribution is -0.143. The summed E-state index contributed by atoms with van der Waals surface area (Å²) in [5.74, 6) is 0.284. The van der Waals surface area contributed by atoms with Gasteiger partial charge in [-0.3, -0.25) is 4.79 Å². The van der Waals surface area contributed by atoms with E-state index in [9.17, 15) is 9.59 Å². The van der Waals surface area contributed by atoms with E-state index in [1.165, 1.54) is 11.2 Å². The van der Waals surface area contributed by atoms with E-state index in [-0.39, 0.29) is 31.5 Å². The van der Waals surface area contributed by atoms with Crippen LogP contribution >= 0.6 is 11.6 Å². The molecule has 0 saturated carbocycles. The molecule has 0 aliphatic rings. The van der Waals surface area contributed by atoms with Gasteiger partial charge in [-0.2, -0.15) is 0 Å². The number of nitrogens with zero attached hydrogens (tertiary/aromatic N) is 1. The van der Waals surface area contributed by atoms with Gasteiger partial charge in [0.05, 0.1) is 25.8 Å². The predicted octanol–water partition coefficient (Wildman–Crippen LogP) is 3.92. The first kappa shape index (κ1) is 17.9. The number of amides is 2. The Bertz CT molecular complexity index is 656. The van der Waals surface area contributed by atoms with Gasteiger partial charge in [0.1, 0.15) is 5.76 Å².